The third kappa shape index (κ3) is 6.82. The first-order valence-corrected chi connectivity index (χ1v) is 9.73. The van der Waals surface area contributed by atoms with Crippen LogP contribution in [-0.2, 0) is 4.74 Å². The van der Waals surface area contributed by atoms with Gasteiger partial charge in [-0.2, -0.15) is 0 Å². The van der Waals surface area contributed by atoms with E-state index in [0.717, 1.165) is 75.3 Å². The fourth-order valence-electron chi connectivity index (χ4n) is 3.17. The lowest BCUT2D eigenvalue weighted by molar-refractivity contribution is 0.145. The number of piperidine rings is 1. The van der Waals surface area contributed by atoms with Crippen molar-refractivity contribution < 1.29 is 14.2 Å². The van der Waals surface area contributed by atoms with E-state index in [1.807, 2.05) is 20.0 Å². The van der Waals surface area contributed by atoms with Crippen LogP contribution in [0.5, 0.6) is 11.5 Å². The summed E-state index contributed by atoms with van der Waals surface area (Å²) >= 11 is 0. The first-order valence-electron chi connectivity index (χ1n) is 9.73. The van der Waals surface area contributed by atoms with E-state index in [0.29, 0.717) is 6.04 Å². The molecule has 1 saturated heterocycles. The number of nitrogens with one attached hydrogen (secondary N) is 2. The maximum atomic E-state index is 5.39. The minimum atomic E-state index is 0.423. The van der Waals surface area contributed by atoms with Crippen molar-refractivity contribution in [2.45, 2.75) is 32.2 Å². The number of methoxy groups -OCH3 is 2. The van der Waals surface area contributed by atoms with E-state index in [1.54, 1.807) is 14.2 Å². The molecular weight excluding hydrogens is 344 g/mol. The fourth-order valence-corrected chi connectivity index (χ4v) is 3.17. The predicted molar refractivity (Wildman–Crippen MR) is 110 cm³/mol. The highest BCUT2D eigenvalue weighted by Crippen LogP contribution is 2.30. The van der Waals surface area contributed by atoms with Crippen LogP contribution >= 0.6 is 0 Å². The van der Waals surface area contributed by atoms with Crippen LogP contribution in [0.2, 0.25) is 0 Å². The Kier molecular flexibility index (Phi) is 9.04. The highest BCUT2D eigenvalue weighted by Gasteiger charge is 2.21. The zero-order valence-electron chi connectivity index (χ0n) is 17.1. The number of hydrogen-bond donors (Lipinski definition) is 2. The van der Waals surface area contributed by atoms with Crippen LogP contribution in [0, 0.1) is 0 Å². The summed E-state index contributed by atoms with van der Waals surface area (Å²) < 4.78 is 16.1. The molecule has 1 heterocycles. The molecule has 1 aliphatic rings. The first kappa shape index (κ1) is 21.2. The monoisotopic (exact) mass is 378 g/mol. The van der Waals surface area contributed by atoms with Crippen molar-refractivity contribution in [2.24, 2.45) is 4.99 Å². The van der Waals surface area contributed by atoms with Gasteiger partial charge in [0.05, 0.1) is 14.2 Å². The third-order valence-corrected chi connectivity index (χ3v) is 4.72. The smallest absolute Gasteiger partial charge is 0.191 e. The SMILES string of the molecule is CCOCCCNC(=NC)NC1CCN(c2cc(OC)cc(OC)c2)CC1. The van der Waals surface area contributed by atoms with Crippen molar-refractivity contribution in [3.63, 3.8) is 0 Å². The standard InChI is InChI=1S/C20H34N4O3/c1-5-27-12-6-9-22-20(21-2)23-16-7-10-24(11-8-16)17-13-18(25-3)15-19(14-17)26-4/h13-16H,5-12H2,1-4H3,(H2,21,22,23). The average molecular weight is 379 g/mol. The van der Waals surface area contributed by atoms with Crippen LogP contribution in [0.25, 0.3) is 0 Å². The topological polar surface area (TPSA) is 67.4 Å². The highest BCUT2D eigenvalue weighted by atomic mass is 16.5. The van der Waals surface area contributed by atoms with Gasteiger partial charge < -0.3 is 29.7 Å². The van der Waals surface area contributed by atoms with E-state index in [-0.39, 0.29) is 0 Å². The molecule has 7 nitrogen and oxygen atoms in total. The number of guanidine groups is 1. The molecular formula is C20H34N4O3. The second kappa shape index (κ2) is 11.5. The van der Waals surface area contributed by atoms with Crippen LogP contribution in [0.15, 0.2) is 23.2 Å². The lowest BCUT2D eigenvalue weighted by Crippen LogP contribution is -2.49. The van der Waals surface area contributed by atoms with Crippen molar-refractivity contribution in [3.8, 4) is 11.5 Å². The van der Waals surface area contributed by atoms with Crippen LogP contribution in [0.4, 0.5) is 5.69 Å². The second-order valence-electron chi connectivity index (χ2n) is 6.53. The van der Waals surface area contributed by atoms with Gasteiger partial charge in [0, 0.05) is 69.8 Å². The van der Waals surface area contributed by atoms with Gasteiger partial charge in [-0.15, -0.1) is 0 Å². The fraction of sp³-hybridized carbons (Fsp3) is 0.650. The molecule has 0 aromatic heterocycles. The number of aliphatic imine (C=N–C) groups is 1. The first-order chi connectivity index (χ1) is 13.2. The molecule has 0 spiro atoms. The maximum absolute atomic E-state index is 5.39. The van der Waals surface area contributed by atoms with Crippen LogP contribution in [0.1, 0.15) is 26.2 Å². The molecule has 1 aromatic carbocycles. The van der Waals surface area contributed by atoms with E-state index < -0.39 is 0 Å². The van der Waals surface area contributed by atoms with Crippen LogP contribution in [-0.4, -0.2) is 66.1 Å². The zero-order valence-corrected chi connectivity index (χ0v) is 17.1. The minimum Gasteiger partial charge on any atom is -0.497 e. The molecule has 0 saturated carbocycles. The Morgan fingerprint density at radius 2 is 1.81 bits per heavy atom. The van der Waals surface area contributed by atoms with Crippen LogP contribution < -0.4 is 25.0 Å². The van der Waals surface area contributed by atoms with Crippen molar-refractivity contribution in [3.05, 3.63) is 18.2 Å². The summed E-state index contributed by atoms with van der Waals surface area (Å²) in [6, 6.07) is 6.45. The molecule has 0 unspecified atom stereocenters. The Balaban J connectivity index is 1.81. The Morgan fingerprint density at radius 3 is 2.37 bits per heavy atom. The van der Waals surface area contributed by atoms with E-state index in [4.69, 9.17) is 14.2 Å². The molecule has 152 valence electrons. The van der Waals surface area contributed by atoms with Gasteiger partial charge >= 0.3 is 0 Å². The van der Waals surface area contributed by atoms with Crippen LogP contribution in [0.3, 0.4) is 0 Å². The van der Waals surface area contributed by atoms with Gasteiger partial charge in [-0.1, -0.05) is 0 Å². The molecule has 0 radical (unpaired) electrons. The lowest BCUT2D eigenvalue weighted by atomic mass is 10.0. The Labute approximate surface area is 163 Å². The number of hydrogen-bond acceptors (Lipinski definition) is 5. The van der Waals surface area contributed by atoms with E-state index in [2.05, 4.69) is 32.7 Å². The summed E-state index contributed by atoms with van der Waals surface area (Å²) in [6.07, 6.45) is 3.09. The van der Waals surface area contributed by atoms with Gasteiger partial charge in [0.25, 0.3) is 0 Å². The van der Waals surface area contributed by atoms with E-state index in [9.17, 15) is 0 Å². The van der Waals surface area contributed by atoms with Gasteiger partial charge in [0.1, 0.15) is 11.5 Å². The zero-order chi connectivity index (χ0) is 19.5. The highest BCUT2D eigenvalue weighted by molar-refractivity contribution is 5.80. The van der Waals surface area contributed by atoms with Crippen molar-refractivity contribution in [1.29, 1.82) is 0 Å². The molecule has 27 heavy (non-hydrogen) atoms. The number of anilines is 1. The molecule has 0 bridgehead atoms. The third-order valence-electron chi connectivity index (χ3n) is 4.72. The number of nitrogens with zero attached hydrogens (tertiary/aromatic N) is 2. The number of ether oxygens (including phenoxy) is 3. The molecule has 1 aliphatic heterocycles. The van der Waals surface area contributed by atoms with Gasteiger partial charge in [-0.05, 0) is 26.2 Å². The summed E-state index contributed by atoms with van der Waals surface area (Å²) in [5, 5.41) is 6.90. The van der Waals surface area contributed by atoms with Gasteiger partial charge in [-0.3, -0.25) is 4.99 Å². The Morgan fingerprint density at radius 1 is 1.15 bits per heavy atom. The summed E-state index contributed by atoms with van der Waals surface area (Å²) in [5.41, 5.74) is 1.14. The summed E-state index contributed by atoms with van der Waals surface area (Å²) in [5.74, 6) is 2.51. The van der Waals surface area contributed by atoms with Gasteiger partial charge in [0.15, 0.2) is 5.96 Å². The molecule has 2 rings (SSSR count). The molecule has 1 fully saturated rings. The summed E-state index contributed by atoms with van der Waals surface area (Å²) in [7, 11) is 5.18. The number of rotatable bonds is 9. The van der Waals surface area contributed by atoms with Crippen molar-refractivity contribution in [1.82, 2.24) is 10.6 Å². The molecule has 2 N–H and O–H groups in total. The Bertz CT molecular complexity index is 564. The number of benzene rings is 1. The quantitative estimate of drug-likeness (QED) is 0.390. The summed E-state index contributed by atoms with van der Waals surface area (Å²) in [4.78, 5) is 6.71. The minimum absolute atomic E-state index is 0.423. The Hall–Kier alpha value is -2.15. The molecule has 1 aromatic rings. The molecule has 0 atom stereocenters. The lowest BCUT2D eigenvalue weighted by Gasteiger charge is -2.34. The predicted octanol–water partition coefficient (Wildman–Crippen LogP) is 2.26. The summed E-state index contributed by atoms with van der Waals surface area (Å²) in [6.45, 7) is 6.39. The molecule has 0 amide bonds. The van der Waals surface area contributed by atoms with E-state index in [1.165, 1.54) is 0 Å². The van der Waals surface area contributed by atoms with E-state index >= 15 is 0 Å². The van der Waals surface area contributed by atoms with Gasteiger partial charge in [-0.25, -0.2) is 0 Å². The maximum Gasteiger partial charge on any atom is 0.191 e. The molecule has 7 heteroatoms. The molecule has 0 aliphatic carbocycles. The largest absolute Gasteiger partial charge is 0.497 e. The van der Waals surface area contributed by atoms with Gasteiger partial charge in [0.2, 0.25) is 0 Å². The van der Waals surface area contributed by atoms with Crippen molar-refractivity contribution >= 4 is 11.6 Å². The normalized spacial score (nSPS) is 15.6. The average Bonchev–Trinajstić information content (AvgIpc) is 2.72. The second-order valence-corrected chi connectivity index (χ2v) is 6.53. The van der Waals surface area contributed by atoms with Crippen molar-refractivity contribution in [2.75, 3.05) is 59.0 Å².